The first-order chi connectivity index (χ1) is 13.5. The van der Waals surface area contributed by atoms with E-state index >= 15 is 0 Å². The zero-order chi connectivity index (χ0) is 19.7. The van der Waals surface area contributed by atoms with E-state index in [0.29, 0.717) is 5.92 Å². The van der Waals surface area contributed by atoms with Crippen LogP contribution in [-0.4, -0.2) is 24.0 Å². The number of halogens is 1. The fourth-order valence-electron chi connectivity index (χ4n) is 3.70. The van der Waals surface area contributed by atoms with Gasteiger partial charge in [-0.1, -0.05) is 43.4 Å². The number of fused-ring (bicyclic) bond motifs is 1. The first-order valence-corrected chi connectivity index (χ1v) is 10.5. The molecule has 2 heterocycles. The summed E-state index contributed by atoms with van der Waals surface area (Å²) in [6.45, 7) is 5.83. The van der Waals surface area contributed by atoms with Crippen LogP contribution in [0.3, 0.4) is 0 Å². The second-order valence-corrected chi connectivity index (χ2v) is 8.61. The van der Waals surface area contributed by atoms with Crippen LogP contribution in [0.15, 0.2) is 42.5 Å². The van der Waals surface area contributed by atoms with Crippen LogP contribution < -0.4 is 10.2 Å². The maximum absolute atomic E-state index is 13.4. The van der Waals surface area contributed by atoms with Crippen molar-refractivity contribution in [2.45, 2.75) is 32.6 Å². The summed E-state index contributed by atoms with van der Waals surface area (Å²) in [7, 11) is 0. The smallest absolute Gasteiger partial charge is 0.227 e. The van der Waals surface area contributed by atoms with Gasteiger partial charge in [-0.05, 0) is 48.6 Å². The normalized spacial score (nSPS) is 15.4. The highest BCUT2D eigenvalue weighted by Crippen LogP contribution is 2.32. The topological polar surface area (TPSA) is 45.2 Å². The highest BCUT2D eigenvalue weighted by Gasteiger charge is 2.27. The number of hydrogen-bond acceptors (Lipinski definition) is 4. The van der Waals surface area contributed by atoms with E-state index in [1.165, 1.54) is 23.5 Å². The summed E-state index contributed by atoms with van der Waals surface area (Å²) in [5, 5.41) is 4.04. The Morgan fingerprint density at radius 3 is 2.71 bits per heavy atom. The van der Waals surface area contributed by atoms with E-state index in [1.54, 1.807) is 6.07 Å². The van der Waals surface area contributed by atoms with Crippen LogP contribution in [0.25, 0.3) is 10.2 Å². The van der Waals surface area contributed by atoms with Crippen LogP contribution in [0.2, 0.25) is 0 Å². The largest absolute Gasteiger partial charge is 0.348 e. The van der Waals surface area contributed by atoms with E-state index in [1.807, 2.05) is 18.2 Å². The lowest BCUT2D eigenvalue weighted by Gasteiger charge is -2.31. The number of benzene rings is 2. The number of nitrogens with zero attached hydrogens (tertiary/aromatic N) is 2. The molecule has 1 aromatic heterocycles. The van der Waals surface area contributed by atoms with Gasteiger partial charge in [0.1, 0.15) is 5.82 Å². The molecular formula is C22H24FN3OS. The fourth-order valence-corrected chi connectivity index (χ4v) is 4.75. The van der Waals surface area contributed by atoms with Crippen molar-refractivity contribution in [3.05, 3.63) is 53.8 Å². The molecule has 0 aliphatic carbocycles. The minimum atomic E-state index is -0.236. The molecule has 1 N–H and O–H groups in total. The molecule has 0 unspecified atom stereocenters. The Bertz CT molecular complexity index is 992. The van der Waals surface area contributed by atoms with Crippen LogP contribution in [0, 0.1) is 11.7 Å². The summed E-state index contributed by atoms with van der Waals surface area (Å²) < 4.78 is 14.3. The summed E-state index contributed by atoms with van der Waals surface area (Å²) >= 11 is 1.51. The number of rotatable bonds is 4. The molecule has 0 radical (unpaired) electrons. The molecule has 2 aromatic carbocycles. The van der Waals surface area contributed by atoms with Crippen molar-refractivity contribution in [3.63, 3.8) is 0 Å². The Labute approximate surface area is 168 Å². The van der Waals surface area contributed by atoms with Crippen LogP contribution in [-0.2, 0) is 4.79 Å². The molecule has 0 saturated carbocycles. The number of piperidine rings is 1. The van der Waals surface area contributed by atoms with Gasteiger partial charge in [0, 0.05) is 24.7 Å². The van der Waals surface area contributed by atoms with Gasteiger partial charge in [-0.15, -0.1) is 0 Å². The molecule has 6 heteroatoms. The number of nitrogens with one attached hydrogen (secondary N) is 1. The molecule has 0 bridgehead atoms. The molecule has 1 aliphatic rings. The van der Waals surface area contributed by atoms with Crippen molar-refractivity contribution in [3.8, 4) is 0 Å². The predicted octanol–water partition coefficient (Wildman–Crippen LogP) is 5.41. The van der Waals surface area contributed by atoms with Gasteiger partial charge in [-0.25, -0.2) is 9.37 Å². The van der Waals surface area contributed by atoms with E-state index in [4.69, 9.17) is 0 Å². The summed E-state index contributed by atoms with van der Waals surface area (Å²) in [5.74, 6) is 0.226. The lowest BCUT2D eigenvalue weighted by molar-refractivity contribution is -0.120. The fraction of sp³-hybridized carbons (Fsp3) is 0.364. The van der Waals surface area contributed by atoms with Gasteiger partial charge in [0.2, 0.25) is 5.91 Å². The van der Waals surface area contributed by atoms with Crippen molar-refractivity contribution in [1.29, 1.82) is 0 Å². The quantitative estimate of drug-likeness (QED) is 0.640. The van der Waals surface area contributed by atoms with Gasteiger partial charge >= 0.3 is 0 Å². The number of aromatic nitrogens is 1. The molecule has 4 rings (SSSR count). The third-order valence-corrected chi connectivity index (χ3v) is 6.40. The Kier molecular flexibility index (Phi) is 5.31. The zero-order valence-electron chi connectivity index (χ0n) is 16.1. The predicted molar refractivity (Wildman–Crippen MR) is 114 cm³/mol. The molecule has 4 nitrogen and oxygen atoms in total. The zero-order valence-corrected chi connectivity index (χ0v) is 16.9. The second kappa shape index (κ2) is 7.87. The number of carbonyl (C=O) groups excluding carboxylic acids is 1. The van der Waals surface area contributed by atoms with Crippen molar-refractivity contribution in [1.82, 2.24) is 4.98 Å². The van der Waals surface area contributed by atoms with Gasteiger partial charge in [0.15, 0.2) is 5.13 Å². The number of para-hydroxylation sites is 1. The van der Waals surface area contributed by atoms with E-state index in [9.17, 15) is 9.18 Å². The first-order valence-electron chi connectivity index (χ1n) is 9.72. The van der Waals surface area contributed by atoms with Gasteiger partial charge in [-0.3, -0.25) is 4.79 Å². The molecule has 1 saturated heterocycles. The lowest BCUT2D eigenvalue weighted by Crippen LogP contribution is -2.38. The Morgan fingerprint density at radius 2 is 1.96 bits per heavy atom. The monoisotopic (exact) mass is 397 g/mol. The van der Waals surface area contributed by atoms with Crippen molar-refractivity contribution in [2.24, 2.45) is 5.92 Å². The second-order valence-electron chi connectivity index (χ2n) is 7.60. The maximum Gasteiger partial charge on any atom is 0.227 e. The van der Waals surface area contributed by atoms with Crippen molar-refractivity contribution >= 4 is 38.3 Å². The molecule has 1 aliphatic heterocycles. The number of anilines is 2. The van der Waals surface area contributed by atoms with Gasteiger partial charge in [-0.2, -0.15) is 0 Å². The van der Waals surface area contributed by atoms with Crippen LogP contribution in [0.1, 0.15) is 38.2 Å². The molecule has 1 amide bonds. The highest BCUT2D eigenvalue weighted by molar-refractivity contribution is 7.22. The average molecular weight is 398 g/mol. The standard InChI is InChI=1S/C22H24FN3OS/c1-14(2)17-5-3-4-6-18(17)24-21(27)15-9-11-26(12-10-15)22-25-19-8-7-16(23)13-20(19)28-22/h3-8,13-15H,9-12H2,1-2H3,(H,24,27). The van der Waals surface area contributed by atoms with E-state index in [-0.39, 0.29) is 17.6 Å². The minimum absolute atomic E-state index is 0.00305. The van der Waals surface area contributed by atoms with Gasteiger partial charge < -0.3 is 10.2 Å². The van der Waals surface area contributed by atoms with Gasteiger partial charge in [0.05, 0.1) is 10.2 Å². The molecule has 1 fully saturated rings. The maximum atomic E-state index is 13.4. The number of amides is 1. The molecule has 0 atom stereocenters. The number of hydrogen-bond donors (Lipinski definition) is 1. The van der Waals surface area contributed by atoms with Crippen molar-refractivity contribution in [2.75, 3.05) is 23.3 Å². The summed E-state index contributed by atoms with van der Waals surface area (Å²) in [6.07, 6.45) is 1.58. The third-order valence-electron chi connectivity index (χ3n) is 5.32. The summed E-state index contributed by atoms with van der Waals surface area (Å²) in [6, 6.07) is 12.7. The summed E-state index contributed by atoms with van der Waals surface area (Å²) in [5.41, 5.74) is 2.90. The third kappa shape index (κ3) is 3.87. The van der Waals surface area contributed by atoms with E-state index in [2.05, 4.69) is 35.1 Å². The molecule has 146 valence electrons. The molecule has 0 spiro atoms. The van der Waals surface area contributed by atoms with Crippen LogP contribution >= 0.6 is 11.3 Å². The Hall–Kier alpha value is -2.47. The molecular weight excluding hydrogens is 373 g/mol. The van der Waals surface area contributed by atoms with Crippen molar-refractivity contribution < 1.29 is 9.18 Å². The number of thiazole rings is 1. The van der Waals surface area contributed by atoms with E-state index in [0.717, 1.165) is 52.5 Å². The minimum Gasteiger partial charge on any atom is -0.348 e. The Balaban J connectivity index is 1.40. The summed E-state index contributed by atoms with van der Waals surface area (Å²) in [4.78, 5) is 19.6. The van der Waals surface area contributed by atoms with Gasteiger partial charge in [0.25, 0.3) is 0 Å². The highest BCUT2D eigenvalue weighted by atomic mass is 32.1. The van der Waals surface area contributed by atoms with Crippen LogP contribution in [0.5, 0.6) is 0 Å². The van der Waals surface area contributed by atoms with Crippen LogP contribution in [0.4, 0.5) is 15.2 Å². The van der Waals surface area contributed by atoms with E-state index < -0.39 is 0 Å². The molecule has 28 heavy (non-hydrogen) atoms. The average Bonchev–Trinajstić information content (AvgIpc) is 3.11. The lowest BCUT2D eigenvalue weighted by atomic mass is 9.95. The molecule has 3 aromatic rings. The SMILES string of the molecule is CC(C)c1ccccc1NC(=O)C1CCN(c2nc3ccc(F)cc3s2)CC1. The first kappa shape index (κ1) is 18.9. The number of carbonyl (C=O) groups is 1. The Morgan fingerprint density at radius 1 is 1.21 bits per heavy atom.